The lowest BCUT2D eigenvalue weighted by Gasteiger charge is -2.31. The third-order valence-corrected chi connectivity index (χ3v) is 4.04. The number of carbonyl (C=O) groups is 1. The molecule has 1 aliphatic heterocycles. The highest BCUT2D eigenvalue weighted by Gasteiger charge is 2.26. The lowest BCUT2D eigenvalue weighted by atomic mass is 10.1. The van der Waals surface area contributed by atoms with E-state index in [0.717, 1.165) is 6.42 Å². The Morgan fingerprint density at radius 3 is 3.26 bits per heavy atom. The third kappa shape index (κ3) is 3.86. The molecule has 2 atom stereocenters. The van der Waals surface area contributed by atoms with Crippen LogP contribution < -0.4 is 5.32 Å². The number of methoxy groups -OCH3 is 1. The molecule has 1 saturated heterocycles. The van der Waals surface area contributed by atoms with E-state index in [1.807, 2.05) is 0 Å². The van der Waals surface area contributed by atoms with Crippen molar-refractivity contribution in [1.82, 2.24) is 15.3 Å². The molecule has 7 heteroatoms. The van der Waals surface area contributed by atoms with Crippen LogP contribution in [0, 0.1) is 5.82 Å². The number of nitrogens with one attached hydrogen (secondary N) is 2. The second-order valence-electron chi connectivity index (χ2n) is 5.66. The number of halogens is 1. The molecule has 1 fully saturated rings. The van der Waals surface area contributed by atoms with Crippen LogP contribution in [0.5, 0.6) is 0 Å². The van der Waals surface area contributed by atoms with E-state index in [0.29, 0.717) is 42.9 Å². The molecule has 3 rings (SSSR count). The number of hydrogen-bond acceptors (Lipinski definition) is 4. The highest BCUT2D eigenvalue weighted by atomic mass is 19.1. The highest BCUT2D eigenvalue weighted by Crippen LogP contribution is 2.14. The van der Waals surface area contributed by atoms with Crippen LogP contribution in [0.4, 0.5) is 4.39 Å². The van der Waals surface area contributed by atoms with E-state index in [2.05, 4.69) is 15.3 Å². The predicted molar refractivity (Wildman–Crippen MR) is 82.5 cm³/mol. The minimum absolute atomic E-state index is 0.0222. The van der Waals surface area contributed by atoms with Gasteiger partial charge in [0.15, 0.2) is 0 Å². The molecule has 1 amide bonds. The van der Waals surface area contributed by atoms with Gasteiger partial charge in [-0.3, -0.25) is 4.79 Å². The van der Waals surface area contributed by atoms with Crippen molar-refractivity contribution >= 4 is 16.9 Å². The van der Waals surface area contributed by atoms with Crippen LogP contribution in [-0.4, -0.2) is 48.3 Å². The monoisotopic (exact) mass is 321 g/mol. The number of ether oxygens (including phenoxy) is 2. The average molecular weight is 321 g/mol. The zero-order valence-corrected chi connectivity index (χ0v) is 13.0. The fourth-order valence-corrected chi connectivity index (χ4v) is 2.77. The van der Waals surface area contributed by atoms with Crippen molar-refractivity contribution in [2.75, 3.05) is 20.3 Å². The smallest absolute Gasteiger partial charge is 0.220 e. The number of aromatic amines is 1. The number of H-pyrrole nitrogens is 1. The fraction of sp³-hybridized carbons (Fsp3) is 0.500. The summed E-state index contributed by atoms with van der Waals surface area (Å²) in [5.41, 5.74) is 1.34. The van der Waals surface area contributed by atoms with Gasteiger partial charge >= 0.3 is 0 Å². The largest absolute Gasteiger partial charge is 0.379 e. The summed E-state index contributed by atoms with van der Waals surface area (Å²) in [5.74, 6) is 0.317. The highest BCUT2D eigenvalue weighted by molar-refractivity contribution is 5.77. The van der Waals surface area contributed by atoms with Crippen LogP contribution in [0.25, 0.3) is 11.0 Å². The molecule has 1 aliphatic rings. The van der Waals surface area contributed by atoms with E-state index in [1.54, 1.807) is 13.2 Å². The Bertz CT molecular complexity index is 688. The van der Waals surface area contributed by atoms with Crippen molar-refractivity contribution in [3.8, 4) is 0 Å². The van der Waals surface area contributed by atoms with E-state index >= 15 is 0 Å². The summed E-state index contributed by atoms with van der Waals surface area (Å²) < 4.78 is 23.8. The molecule has 2 aromatic rings. The first-order valence-electron chi connectivity index (χ1n) is 7.70. The zero-order chi connectivity index (χ0) is 16.2. The molecular formula is C16H20FN3O3. The van der Waals surface area contributed by atoms with Crippen LogP contribution in [0.2, 0.25) is 0 Å². The molecule has 124 valence electrons. The molecule has 0 spiro atoms. The first-order chi connectivity index (χ1) is 11.2. The van der Waals surface area contributed by atoms with Gasteiger partial charge in [0.05, 0.1) is 23.7 Å². The number of imidazole rings is 1. The fourth-order valence-electron chi connectivity index (χ4n) is 2.77. The molecule has 1 aromatic carbocycles. The second-order valence-corrected chi connectivity index (χ2v) is 5.66. The summed E-state index contributed by atoms with van der Waals surface area (Å²) in [6.07, 6.45) is 1.43. The summed E-state index contributed by atoms with van der Waals surface area (Å²) in [5, 5.41) is 2.99. The number of fused-ring (bicyclic) bond motifs is 1. The number of carbonyl (C=O) groups excluding carboxylic acids is 1. The minimum Gasteiger partial charge on any atom is -0.379 e. The molecule has 0 aliphatic carbocycles. The van der Waals surface area contributed by atoms with Crippen LogP contribution >= 0.6 is 0 Å². The lowest BCUT2D eigenvalue weighted by molar-refractivity contribution is -0.125. The number of aryl methyl sites for hydroxylation is 1. The van der Waals surface area contributed by atoms with Crippen molar-refractivity contribution in [2.45, 2.75) is 31.4 Å². The van der Waals surface area contributed by atoms with Crippen LogP contribution in [0.1, 0.15) is 18.7 Å². The second kappa shape index (κ2) is 7.06. The lowest BCUT2D eigenvalue weighted by Crippen LogP contribution is -2.49. The average Bonchev–Trinajstić information content (AvgIpc) is 2.95. The van der Waals surface area contributed by atoms with Crippen molar-refractivity contribution in [3.63, 3.8) is 0 Å². The number of amides is 1. The van der Waals surface area contributed by atoms with Gasteiger partial charge < -0.3 is 19.8 Å². The van der Waals surface area contributed by atoms with Crippen LogP contribution in [-0.2, 0) is 20.7 Å². The summed E-state index contributed by atoms with van der Waals surface area (Å²) in [6.45, 7) is 1.12. The molecule has 0 radical (unpaired) electrons. The third-order valence-electron chi connectivity index (χ3n) is 4.04. The Morgan fingerprint density at radius 1 is 1.57 bits per heavy atom. The summed E-state index contributed by atoms with van der Waals surface area (Å²) in [4.78, 5) is 19.5. The van der Waals surface area contributed by atoms with Crippen molar-refractivity contribution in [1.29, 1.82) is 0 Å². The SMILES string of the molecule is CO[C@@H]1COCC[C@H]1NC(=O)CCc1nc2ccc(F)cc2[nH]1. The molecule has 23 heavy (non-hydrogen) atoms. The topological polar surface area (TPSA) is 76.2 Å². The molecule has 2 N–H and O–H groups in total. The molecule has 0 saturated carbocycles. The van der Waals surface area contributed by atoms with Gasteiger partial charge in [0, 0.05) is 26.6 Å². The van der Waals surface area contributed by atoms with Gasteiger partial charge in [-0.15, -0.1) is 0 Å². The van der Waals surface area contributed by atoms with E-state index < -0.39 is 0 Å². The number of benzene rings is 1. The zero-order valence-electron chi connectivity index (χ0n) is 13.0. The van der Waals surface area contributed by atoms with E-state index in [-0.39, 0.29) is 23.9 Å². The Kier molecular flexibility index (Phi) is 4.88. The number of hydrogen-bond donors (Lipinski definition) is 2. The Labute approximate surface area is 133 Å². The van der Waals surface area contributed by atoms with Crippen molar-refractivity contribution < 1.29 is 18.7 Å². The van der Waals surface area contributed by atoms with Crippen LogP contribution in [0.15, 0.2) is 18.2 Å². The normalized spacial score (nSPS) is 21.5. The number of nitrogens with zero attached hydrogens (tertiary/aromatic N) is 1. The number of aromatic nitrogens is 2. The van der Waals surface area contributed by atoms with Gasteiger partial charge in [-0.2, -0.15) is 0 Å². The predicted octanol–water partition coefficient (Wildman–Crippen LogP) is 1.55. The minimum atomic E-state index is -0.310. The summed E-state index contributed by atoms with van der Waals surface area (Å²) in [7, 11) is 1.62. The molecule has 0 unspecified atom stereocenters. The summed E-state index contributed by atoms with van der Waals surface area (Å²) in [6, 6.07) is 4.37. The molecule has 1 aromatic heterocycles. The quantitative estimate of drug-likeness (QED) is 0.876. The first-order valence-corrected chi connectivity index (χ1v) is 7.70. The van der Waals surface area contributed by atoms with Gasteiger partial charge in [-0.25, -0.2) is 9.37 Å². The Morgan fingerprint density at radius 2 is 2.43 bits per heavy atom. The van der Waals surface area contributed by atoms with Gasteiger partial charge in [0.25, 0.3) is 0 Å². The van der Waals surface area contributed by atoms with Gasteiger partial charge in [0.2, 0.25) is 5.91 Å². The summed E-state index contributed by atoms with van der Waals surface area (Å²) >= 11 is 0. The Balaban J connectivity index is 1.55. The molecule has 0 bridgehead atoms. The molecule has 6 nitrogen and oxygen atoms in total. The number of rotatable bonds is 5. The maximum atomic E-state index is 13.2. The maximum Gasteiger partial charge on any atom is 0.220 e. The Hall–Kier alpha value is -1.99. The first kappa shape index (κ1) is 15.9. The van der Waals surface area contributed by atoms with Crippen molar-refractivity contribution in [3.05, 3.63) is 29.8 Å². The molecule has 2 heterocycles. The van der Waals surface area contributed by atoms with E-state index in [9.17, 15) is 9.18 Å². The van der Waals surface area contributed by atoms with Crippen LogP contribution in [0.3, 0.4) is 0 Å². The standard InChI is InChI=1S/C16H20FN3O3/c1-22-14-9-23-7-6-12(14)20-16(21)5-4-15-18-11-3-2-10(17)8-13(11)19-15/h2-3,8,12,14H,4-7,9H2,1H3,(H,18,19)(H,20,21)/t12-,14-/m1/s1. The van der Waals surface area contributed by atoms with Gasteiger partial charge in [-0.1, -0.05) is 0 Å². The molecular weight excluding hydrogens is 301 g/mol. The van der Waals surface area contributed by atoms with E-state index in [4.69, 9.17) is 9.47 Å². The van der Waals surface area contributed by atoms with E-state index in [1.165, 1.54) is 12.1 Å². The van der Waals surface area contributed by atoms with Crippen molar-refractivity contribution in [2.24, 2.45) is 0 Å². The van der Waals surface area contributed by atoms with Gasteiger partial charge in [0.1, 0.15) is 17.7 Å². The van der Waals surface area contributed by atoms with Gasteiger partial charge in [-0.05, 0) is 24.6 Å². The maximum absolute atomic E-state index is 13.2.